The van der Waals surface area contributed by atoms with Crippen molar-refractivity contribution in [2.45, 2.75) is 82.4 Å². The summed E-state index contributed by atoms with van der Waals surface area (Å²) in [6.45, 7) is 7.17. The molecule has 0 aromatic heterocycles. The lowest BCUT2D eigenvalue weighted by molar-refractivity contribution is -0.180. The van der Waals surface area contributed by atoms with Crippen molar-refractivity contribution in [2.24, 2.45) is 35.0 Å². The van der Waals surface area contributed by atoms with Gasteiger partial charge in [0.15, 0.2) is 5.78 Å². The van der Waals surface area contributed by atoms with Gasteiger partial charge in [-0.3, -0.25) is 4.79 Å². The largest absolute Gasteiger partial charge is 0.393 e. The van der Waals surface area contributed by atoms with Crippen LogP contribution in [-0.2, 0) is 20.9 Å². The fourth-order valence-corrected chi connectivity index (χ4v) is 8.47. The van der Waals surface area contributed by atoms with Crippen LogP contribution in [0.25, 0.3) is 0 Å². The van der Waals surface area contributed by atoms with Crippen LogP contribution in [0.2, 0.25) is 0 Å². The molecule has 4 aliphatic carbocycles. The van der Waals surface area contributed by atoms with E-state index in [1.54, 1.807) is 0 Å². The number of benzene rings is 1. The Morgan fingerprint density at radius 1 is 1.06 bits per heavy atom. The van der Waals surface area contributed by atoms with Crippen LogP contribution in [0.5, 0.6) is 0 Å². The van der Waals surface area contributed by atoms with Crippen molar-refractivity contribution in [3.63, 3.8) is 0 Å². The van der Waals surface area contributed by atoms with Gasteiger partial charge >= 0.3 is 0 Å². The second kappa shape index (κ2) is 6.65. The van der Waals surface area contributed by atoms with Gasteiger partial charge in [-0.2, -0.15) is 0 Å². The molecule has 0 amide bonds. The Labute approximate surface area is 190 Å². The van der Waals surface area contributed by atoms with Crippen molar-refractivity contribution in [1.82, 2.24) is 0 Å². The van der Waals surface area contributed by atoms with Gasteiger partial charge in [0.25, 0.3) is 0 Å². The van der Waals surface area contributed by atoms with Gasteiger partial charge in [-0.1, -0.05) is 44.2 Å². The third kappa shape index (κ3) is 2.68. The minimum Gasteiger partial charge on any atom is -0.393 e. The first-order valence-electron chi connectivity index (χ1n) is 12.4. The molecule has 0 bridgehead atoms. The van der Waals surface area contributed by atoms with E-state index in [0.29, 0.717) is 32.5 Å². The zero-order valence-electron chi connectivity index (χ0n) is 19.4. The van der Waals surface area contributed by atoms with Gasteiger partial charge in [0.2, 0.25) is 0 Å². The van der Waals surface area contributed by atoms with E-state index >= 15 is 0 Å². The van der Waals surface area contributed by atoms with E-state index in [2.05, 4.69) is 13.8 Å². The molecule has 5 heteroatoms. The van der Waals surface area contributed by atoms with E-state index in [4.69, 9.17) is 9.47 Å². The molecule has 1 aliphatic heterocycles. The molecule has 4 saturated carbocycles. The Morgan fingerprint density at radius 2 is 1.75 bits per heavy atom. The van der Waals surface area contributed by atoms with Gasteiger partial charge in [0, 0.05) is 18.8 Å². The summed E-state index contributed by atoms with van der Waals surface area (Å²) < 4.78 is 12.8. The van der Waals surface area contributed by atoms with E-state index in [-0.39, 0.29) is 41.0 Å². The second-order valence-corrected chi connectivity index (χ2v) is 12.1. The Balaban J connectivity index is 1.45. The van der Waals surface area contributed by atoms with Crippen LogP contribution in [0.3, 0.4) is 0 Å². The summed E-state index contributed by atoms with van der Waals surface area (Å²) in [7, 11) is 0. The number of aliphatic hydroxyl groups is 2. The molecular formula is C27H36O5. The Kier molecular flexibility index (Phi) is 4.42. The van der Waals surface area contributed by atoms with E-state index in [1.807, 2.05) is 37.3 Å². The van der Waals surface area contributed by atoms with Crippen molar-refractivity contribution in [1.29, 1.82) is 0 Å². The molecule has 5 nitrogen and oxygen atoms in total. The predicted molar refractivity (Wildman–Crippen MR) is 119 cm³/mol. The SMILES string of the molecule is CC1(C)[C@@H]2CC(=O)[C@]3(OCc4ccccc4)C[C@]4(CO4)[C@@H]4CC[C@H]([C@@H]43)[C@@](C)(O)[C@@H]2C[C@@H]1O. The first-order chi connectivity index (χ1) is 15.1. The van der Waals surface area contributed by atoms with Crippen molar-refractivity contribution in [3.05, 3.63) is 35.9 Å². The number of hydrogen-bond acceptors (Lipinski definition) is 5. The van der Waals surface area contributed by atoms with Crippen molar-refractivity contribution < 1.29 is 24.5 Å². The minimum absolute atomic E-state index is 0.0234. The Bertz CT molecular complexity index is 919. The molecule has 0 unspecified atom stereocenters. The summed E-state index contributed by atoms with van der Waals surface area (Å²) in [4.78, 5) is 14.2. The monoisotopic (exact) mass is 440 g/mol. The highest BCUT2D eigenvalue weighted by molar-refractivity contribution is 5.89. The average molecular weight is 441 g/mol. The molecule has 32 heavy (non-hydrogen) atoms. The molecule has 1 saturated heterocycles. The van der Waals surface area contributed by atoms with Crippen LogP contribution < -0.4 is 0 Å². The van der Waals surface area contributed by atoms with Crippen LogP contribution >= 0.6 is 0 Å². The van der Waals surface area contributed by atoms with Gasteiger partial charge < -0.3 is 19.7 Å². The number of carbonyl (C=O) groups excluding carboxylic acids is 1. The molecule has 1 aromatic carbocycles. The number of fused-ring (bicyclic) bond motifs is 2. The van der Waals surface area contributed by atoms with Crippen molar-refractivity contribution in [3.8, 4) is 0 Å². The van der Waals surface area contributed by atoms with E-state index in [0.717, 1.165) is 18.4 Å². The highest BCUT2D eigenvalue weighted by Gasteiger charge is 2.76. The first-order valence-corrected chi connectivity index (χ1v) is 12.4. The highest BCUT2D eigenvalue weighted by Crippen LogP contribution is 2.69. The second-order valence-electron chi connectivity index (χ2n) is 12.1. The maximum absolute atomic E-state index is 14.2. The summed E-state index contributed by atoms with van der Waals surface area (Å²) >= 11 is 0. The smallest absolute Gasteiger partial charge is 0.165 e. The number of ether oxygens (including phenoxy) is 2. The molecule has 174 valence electrons. The van der Waals surface area contributed by atoms with Gasteiger partial charge in [-0.15, -0.1) is 0 Å². The standard InChI is InChI=1S/C27H36O5/c1-24(2)19-11-22(29)27(31-13-16-7-5-4-6-8-16)14-26(15-32-26)18-10-9-17(23(18)27)25(3,30)20(19)12-21(24)28/h4-8,17-21,23,28,30H,9-15H2,1-3H3/t17-,18-,19-,20-,21+,23+,25-,26+,27-/m1/s1. The zero-order chi connectivity index (χ0) is 22.5. The normalized spacial score (nSPS) is 50.7. The van der Waals surface area contributed by atoms with E-state index in [1.165, 1.54) is 0 Å². The Morgan fingerprint density at radius 3 is 2.44 bits per heavy atom. The molecule has 5 fully saturated rings. The fraction of sp³-hybridized carbons (Fsp3) is 0.741. The fourth-order valence-electron chi connectivity index (χ4n) is 8.47. The number of carbonyl (C=O) groups is 1. The summed E-state index contributed by atoms with van der Waals surface area (Å²) in [5.41, 5.74) is -1.47. The lowest BCUT2D eigenvalue weighted by atomic mass is 9.59. The molecule has 1 spiro atoms. The molecule has 1 aromatic rings. The molecule has 0 radical (unpaired) electrons. The predicted octanol–water partition coefficient (Wildman–Crippen LogP) is 3.50. The summed E-state index contributed by atoms with van der Waals surface area (Å²) in [6.07, 6.45) is 2.87. The van der Waals surface area contributed by atoms with Gasteiger partial charge in [-0.25, -0.2) is 0 Å². The maximum Gasteiger partial charge on any atom is 0.165 e. The summed E-state index contributed by atoms with van der Waals surface area (Å²) in [5, 5.41) is 23.0. The topological polar surface area (TPSA) is 79.3 Å². The van der Waals surface area contributed by atoms with Gasteiger partial charge in [-0.05, 0) is 60.8 Å². The third-order valence-electron chi connectivity index (χ3n) is 10.4. The number of Topliss-reactive ketones (excluding diaryl/α,β-unsaturated/α-hetero) is 1. The average Bonchev–Trinajstić information content (AvgIpc) is 3.18. The lowest BCUT2D eigenvalue weighted by Crippen LogP contribution is -2.58. The third-order valence-corrected chi connectivity index (χ3v) is 10.4. The van der Waals surface area contributed by atoms with E-state index in [9.17, 15) is 15.0 Å². The number of hydrogen-bond donors (Lipinski definition) is 2. The van der Waals surface area contributed by atoms with Gasteiger partial charge in [0.1, 0.15) is 5.60 Å². The van der Waals surface area contributed by atoms with Crippen LogP contribution in [0.15, 0.2) is 30.3 Å². The molecule has 6 rings (SSSR count). The Hall–Kier alpha value is -1.27. The summed E-state index contributed by atoms with van der Waals surface area (Å²) in [6, 6.07) is 10.0. The van der Waals surface area contributed by atoms with E-state index < -0.39 is 22.7 Å². The number of rotatable bonds is 3. The summed E-state index contributed by atoms with van der Waals surface area (Å²) in [5.74, 6) is 0.227. The molecule has 5 aliphatic rings. The molecular weight excluding hydrogens is 404 g/mol. The zero-order valence-corrected chi connectivity index (χ0v) is 19.4. The van der Waals surface area contributed by atoms with Gasteiger partial charge in [0.05, 0.1) is 30.5 Å². The number of epoxide rings is 1. The minimum atomic E-state index is -0.943. The number of aliphatic hydroxyl groups excluding tert-OH is 1. The maximum atomic E-state index is 14.2. The lowest BCUT2D eigenvalue weighted by Gasteiger charge is -2.50. The highest BCUT2D eigenvalue weighted by atomic mass is 16.6. The van der Waals surface area contributed by atoms with Crippen LogP contribution in [0.1, 0.15) is 58.4 Å². The van der Waals surface area contributed by atoms with Crippen LogP contribution in [0, 0.1) is 35.0 Å². The quantitative estimate of drug-likeness (QED) is 0.704. The molecule has 9 atom stereocenters. The van der Waals surface area contributed by atoms with Crippen LogP contribution in [0.4, 0.5) is 0 Å². The van der Waals surface area contributed by atoms with Crippen molar-refractivity contribution in [2.75, 3.05) is 6.61 Å². The molecule has 2 N–H and O–H groups in total. The number of ketones is 1. The van der Waals surface area contributed by atoms with Crippen molar-refractivity contribution >= 4 is 5.78 Å². The first kappa shape index (κ1) is 21.3. The molecule has 1 heterocycles. The van der Waals surface area contributed by atoms with Crippen LogP contribution in [-0.4, -0.2) is 45.5 Å².